The van der Waals surface area contributed by atoms with Crippen molar-refractivity contribution < 1.29 is 13.9 Å². The fraction of sp³-hybridized carbons (Fsp3) is 0.217. The number of amides is 1. The third-order valence-corrected chi connectivity index (χ3v) is 4.75. The highest BCUT2D eigenvalue weighted by atomic mass is 19.1. The van der Waals surface area contributed by atoms with Crippen LogP contribution in [-0.2, 0) is 11.2 Å². The summed E-state index contributed by atoms with van der Waals surface area (Å²) in [4.78, 5) is 16.3. The normalized spacial score (nSPS) is 12.6. The predicted octanol–water partition coefficient (Wildman–Crippen LogP) is 3.89. The van der Waals surface area contributed by atoms with Gasteiger partial charge in [-0.2, -0.15) is 0 Å². The number of halogens is 1. The molecule has 0 bridgehead atoms. The highest BCUT2D eigenvalue weighted by Gasteiger charge is 2.20. The van der Waals surface area contributed by atoms with Crippen molar-refractivity contribution in [2.45, 2.75) is 13.3 Å². The summed E-state index contributed by atoms with van der Waals surface area (Å²) in [5.74, 6) is -0.631. The van der Waals surface area contributed by atoms with E-state index in [1.807, 2.05) is 60.2 Å². The Hall–Kier alpha value is -3.41. The monoisotopic (exact) mass is 393 g/mol. The zero-order chi connectivity index (χ0) is 20.8. The maximum atomic E-state index is 13.8. The summed E-state index contributed by atoms with van der Waals surface area (Å²) in [6, 6.07) is 15.0. The summed E-state index contributed by atoms with van der Waals surface area (Å²) in [7, 11) is 1.57. The lowest BCUT2D eigenvalue weighted by molar-refractivity contribution is -0.115. The van der Waals surface area contributed by atoms with Gasteiger partial charge in [-0.15, -0.1) is 0 Å². The first kappa shape index (κ1) is 20.3. The van der Waals surface area contributed by atoms with Gasteiger partial charge in [0, 0.05) is 17.7 Å². The van der Waals surface area contributed by atoms with E-state index in [0.29, 0.717) is 17.7 Å². The molecule has 150 valence electrons. The van der Waals surface area contributed by atoms with Crippen LogP contribution in [0.1, 0.15) is 16.8 Å². The Bertz CT molecular complexity index is 1010. The predicted molar refractivity (Wildman–Crippen MR) is 112 cm³/mol. The molecule has 1 aromatic heterocycles. The smallest absolute Gasteiger partial charge is 0.245 e. The van der Waals surface area contributed by atoms with E-state index >= 15 is 0 Å². The van der Waals surface area contributed by atoms with Gasteiger partial charge in [-0.3, -0.25) is 9.18 Å². The molecule has 2 N–H and O–H groups in total. The van der Waals surface area contributed by atoms with Crippen LogP contribution in [-0.4, -0.2) is 29.2 Å². The van der Waals surface area contributed by atoms with Gasteiger partial charge in [-0.05, 0) is 42.7 Å². The van der Waals surface area contributed by atoms with Gasteiger partial charge < -0.3 is 15.0 Å². The molecule has 0 aliphatic rings. The number of nitrogens with two attached hydrogens (primary N) is 1. The zero-order valence-corrected chi connectivity index (χ0v) is 16.5. The maximum absolute atomic E-state index is 13.8. The molecule has 0 unspecified atom stereocenters. The highest BCUT2D eigenvalue weighted by molar-refractivity contribution is 5.97. The number of aromatic nitrogens is 2. The number of ether oxygens (including phenoxy) is 1. The third kappa shape index (κ3) is 4.90. The van der Waals surface area contributed by atoms with E-state index in [9.17, 15) is 9.18 Å². The molecule has 29 heavy (non-hydrogen) atoms. The van der Waals surface area contributed by atoms with E-state index in [1.165, 1.54) is 0 Å². The Morgan fingerprint density at radius 2 is 2.03 bits per heavy atom. The quantitative estimate of drug-likeness (QED) is 0.591. The zero-order valence-electron chi connectivity index (χ0n) is 16.5. The Kier molecular flexibility index (Phi) is 6.44. The van der Waals surface area contributed by atoms with Gasteiger partial charge in [0.1, 0.15) is 5.75 Å². The van der Waals surface area contributed by atoms with Crippen molar-refractivity contribution in [2.24, 2.45) is 11.7 Å². The number of rotatable bonds is 8. The third-order valence-electron chi connectivity index (χ3n) is 4.75. The van der Waals surface area contributed by atoms with Crippen LogP contribution in [0.5, 0.6) is 5.75 Å². The van der Waals surface area contributed by atoms with E-state index < -0.39 is 18.5 Å². The van der Waals surface area contributed by atoms with Crippen molar-refractivity contribution >= 4 is 12.0 Å². The number of hydrogen-bond donors (Lipinski definition) is 1. The fourth-order valence-electron chi connectivity index (χ4n) is 3.27. The number of alkyl halides is 1. The molecule has 1 heterocycles. The molecule has 1 atom stereocenters. The minimum Gasteiger partial charge on any atom is -0.495 e. The second-order valence-corrected chi connectivity index (χ2v) is 6.86. The van der Waals surface area contributed by atoms with Crippen LogP contribution >= 0.6 is 0 Å². The van der Waals surface area contributed by atoms with Crippen LogP contribution < -0.4 is 10.5 Å². The summed E-state index contributed by atoms with van der Waals surface area (Å²) < 4.78 is 21.2. The van der Waals surface area contributed by atoms with Gasteiger partial charge in [0.2, 0.25) is 5.91 Å². The number of aryl methyl sites for hydroxylation is 1. The van der Waals surface area contributed by atoms with Crippen molar-refractivity contribution in [3.05, 3.63) is 83.4 Å². The van der Waals surface area contributed by atoms with Crippen molar-refractivity contribution in [2.75, 3.05) is 13.8 Å². The number of carbonyl (C=O) groups excluding carboxylic acids is 1. The van der Waals surface area contributed by atoms with Crippen LogP contribution in [0.3, 0.4) is 0 Å². The molecule has 0 radical (unpaired) electrons. The Morgan fingerprint density at radius 1 is 1.28 bits per heavy atom. The lowest BCUT2D eigenvalue weighted by Crippen LogP contribution is -2.23. The number of benzene rings is 2. The van der Waals surface area contributed by atoms with Crippen molar-refractivity contribution in [3.63, 3.8) is 0 Å². The molecule has 6 heteroatoms. The molecule has 0 saturated heterocycles. The summed E-state index contributed by atoms with van der Waals surface area (Å²) >= 11 is 0. The highest BCUT2D eigenvalue weighted by Crippen LogP contribution is 2.27. The van der Waals surface area contributed by atoms with Gasteiger partial charge in [-0.25, -0.2) is 4.98 Å². The first-order valence-corrected chi connectivity index (χ1v) is 9.32. The molecule has 3 aromatic rings. The maximum Gasteiger partial charge on any atom is 0.245 e. The number of nitrogens with zero attached hydrogens (tertiary/aromatic N) is 2. The number of primary amides is 1. The van der Waals surface area contributed by atoms with Crippen LogP contribution in [0.15, 0.2) is 66.6 Å². The van der Waals surface area contributed by atoms with Crippen LogP contribution in [0, 0.1) is 12.8 Å². The molecular weight excluding hydrogens is 369 g/mol. The summed E-state index contributed by atoms with van der Waals surface area (Å²) in [6.45, 7) is 1.23. The second-order valence-electron chi connectivity index (χ2n) is 6.86. The lowest BCUT2D eigenvalue weighted by atomic mass is 9.91. The number of methoxy groups -OCH3 is 1. The number of carbonyl (C=O) groups is 1. The molecule has 0 aliphatic carbocycles. The molecule has 0 spiro atoms. The standard InChI is InChI=1S/C23H24FN3O2/c1-16-14-27(15-26-16)21-9-8-18(12-22(21)29-2)11-20(23(25)28)19(13-24)10-17-6-4-3-5-7-17/h3-9,11-12,14-15,19H,10,13H2,1-2H3,(H2,25,28)/b20-11+/t19-/m0/s1. The van der Waals surface area contributed by atoms with Crippen molar-refractivity contribution in [1.82, 2.24) is 9.55 Å². The number of hydrogen-bond acceptors (Lipinski definition) is 3. The van der Waals surface area contributed by atoms with Gasteiger partial charge in [0.15, 0.2) is 0 Å². The Balaban J connectivity index is 1.94. The van der Waals surface area contributed by atoms with Crippen LogP contribution in [0.2, 0.25) is 0 Å². The lowest BCUT2D eigenvalue weighted by Gasteiger charge is -2.16. The van der Waals surface area contributed by atoms with Crippen LogP contribution in [0.4, 0.5) is 4.39 Å². The largest absolute Gasteiger partial charge is 0.495 e. The van der Waals surface area contributed by atoms with E-state index in [4.69, 9.17) is 10.5 Å². The molecular formula is C23H24FN3O2. The SMILES string of the molecule is COc1cc(/C=C(/C(N)=O)[C@H](CF)Cc2ccccc2)ccc1-n1cnc(C)c1. The molecule has 0 saturated carbocycles. The average Bonchev–Trinajstić information content (AvgIpc) is 3.17. The number of imidazole rings is 1. The Morgan fingerprint density at radius 3 is 2.62 bits per heavy atom. The van der Waals surface area contributed by atoms with E-state index in [0.717, 1.165) is 16.9 Å². The summed E-state index contributed by atoms with van der Waals surface area (Å²) in [5.41, 5.74) is 9.21. The van der Waals surface area contributed by atoms with E-state index in [1.54, 1.807) is 25.6 Å². The molecule has 0 fully saturated rings. The first-order chi connectivity index (χ1) is 14.0. The van der Waals surface area contributed by atoms with Gasteiger partial charge >= 0.3 is 0 Å². The molecule has 0 aliphatic heterocycles. The van der Waals surface area contributed by atoms with Crippen LogP contribution in [0.25, 0.3) is 11.8 Å². The second kappa shape index (κ2) is 9.19. The Labute approximate surface area is 169 Å². The summed E-state index contributed by atoms with van der Waals surface area (Å²) in [6.07, 6.45) is 5.63. The minimum absolute atomic E-state index is 0.254. The van der Waals surface area contributed by atoms with Gasteiger partial charge in [-0.1, -0.05) is 36.4 Å². The minimum atomic E-state index is -0.673. The molecule has 2 aromatic carbocycles. The van der Waals surface area contributed by atoms with Crippen molar-refractivity contribution in [1.29, 1.82) is 0 Å². The molecule has 3 rings (SSSR count). The average molecular weight is 393 g/mol. The molecule has 5 nitrogen and oxygen atoms in total. The summed E-state index contributed by atoms with van der Waals surface area (Å²) in [5, 5.41) is 0. The van der Waals surface area contributed by atoms with Gasteiger partial charge in [0.25, 0.3) is 0 Å². The fourth-order valence-corrected chi connectivity index (χ4v) is 3.27. The topological polar surface area (TPSA) is 70.1 Å². The van der Waals surface area contributed by atoms with Gasteiger partial charge in [0.05, 0.1) is 31.5 Å². The first-order valence-electron chi connectivity index (χ1n) is 9.32. The van der Waals surface area contributed by atoms with E-state index in [-0.39, 0.29) is 5.57 Å². The van der Waals surface area contributed by atoms with Crippen molar-refractivity contribution in [3.8, 4) is 11.4 Å². The molecule has 1 amide bonds. The van der Waals surface area contributed by atoms with E-state index in [2.05, 4.69) is 4.98 Å².